The van der Waals surface area contributed by atoms with Crippen LogP contribution < -0.4 is 5.32 Å². The van der Waals surface area contributed by atoms with Gasteiger partial charge in [-0.3, -0.25) is 0 Å². The second-order valence-electron chi connectivity index (χ2n) is 5.40. The lowest BCUT2D eigenvalue weighted by atomic mass is 10.1. The summed E-state index contributed by atoms with van der Waals surface area (Å²) in [6.45, 7) is 5.66. The molecule has 0 aliphatic carbocycles. The van der Waals surface area contributed by atoms with Gasteiger partial charge >= 0.3 is 0 Å². The molecular formula is C18H22ClNO. The molecule has 1 unspecified atom stereocenters. The molecule has 112 valence electrons. The van der Waals surface area contributed by atoms with Crippen LogP contribution in [0.3, 0.4) is 0 Å². The molecule has 1 N–H and O–H groups in total. The van der Waals surface area contributed by atoms with Gasteiger partial charge in [0.25, 0.3) is 0 Å². The number of rotatable bonds is 7. The van der Waals surface area contributed by atoms with Crippen molar-refractivity contribution in [2.75, 3.05) is 6.54 Å². The smallest absolute Gasteiger partial charge is 0.0953 e. The SMILES string of the molecule is CC(C)NCC(OCc1ccccc1)c1ccc(Cl)cc1. The van der Waals surface area contributed by atoms with Crippen LogP contribution in [-0.2, 0) is 11.3 Å². The predicted molar refractivity (Wildman–Crippen MR) is 88.6 cm³/mol. The Kier molecular flexibility index (Phi) is 6.24. The van der Waals surface area contributed by atoms with Gasteiger partial charge in [0.1, 0.15) is 0 Å². The Labute approximate surface area is 132 Å². The summed E-state index contributed by atoms with van der Waals surface area (Å²) in [5, 5.41) is 4.18. The van der Waals surface area contributed by atoms with E-state index in [0.717, 1.165) is 17.1 Å². The molecule has 0 radical (unpaired) electrons. The van der Waals surface area contributed by atoms with Crippen LogP contribution in [0.5, 0.6) is 0 Å². The first-order valence-corrected chi connectivity index (χ1v) is 7.67. The van der Waals surface area contributed by atoms with Crippen LogP contribution in [0.15, 0.2) is 54.6 Å². The molecule has 0 fully saturated rings. The largest absolute Gasteiger partial charge is 0.368 e. The zero-order valence-corrected chi connectivity index (χ0v) is 13.3. The summed E-state index contributed by atoms with van der Waals surface area (Å²) in [6, 6.07) is 18.5. The van der Waals surface area contributed by atoms with Crippen molar-refractivity contribution in [3.8, 4) is 0 Å². The summed E-state index contributed by atoms with van der Waals surface area (Å²) in [4.78, 5) is 0. The van der Waals surface area contributed by atoms with E-state index >= 15 is 0 Å². The molecular weight excluding hydrogens is 282 g/mol. The molecule has 0 saturated carbocycles. The van der Waals surface area contributed by atoms with E-state index in [0.29, 0.717) is 12.6 Å². The summed E-state index contributed by atoms with van der Waals surface area (Å²) < 4.78 is 6.10. The lowest BCUT2D eigenvalue weighted by Crippen LogP contribution is -2.29. The Morgan fingerprint density at radius 2 is 1.67 bits per heavy atom. The molecule has 2 aromatic carbocycles. The third-order valence-corrected chi connectivity index (χ3v) is 3.50. The maximum Gasteiger partial charge on any atom is 0.0953 e. The summed E-state index contributed by atoms with van der Waals surface area (Å²) in [6.07, 6.45) is 0.0184. The van der Waals surface area contributed by atoms with E-state index in [1.165, 1.54) is 5.56 Å². The minimum Gasteiger partial charge on any atom is -0.368 e. The van der Waals surface area contributed by atoms with Crippen LogP contribution in [0.4, 0.5) is 0 Å². The zero-order valence-electron chi connectivity index (χ0n) is 12.6. The lowest BCUT2D eigenvalue weighted by molar-refractivity contribution is 0.0386. The third kappa shape index (κ3) is 5.50. The average molecular weight is 304 g/mol. The first kappa shape index (κ1) is 16.0. The average Bonchev–Trinajstić information content (AvgIpc) is 2.49. The van der Waals surface area contributed by atoms with Gasteiger partial charge in [0.05, 0.1) is 12.7 Å². The number of halogens is 1. The standard InChI is InChI=1S/C18H22ClNO/c1-14(2)20-12-18(16-8-10-17(19)11-9-16)21-13-15-6-4-3-5-7-15/h3-11,14,18,20H,12-13H2,1-2H3. The van der Waals surface area contributed by atoms with Crippen LogP contribution in [0.25, 0.3) is 0 Å². The number of hydrogen-bond acceptors (Lipinski definition) is 2. The number of benzene rings is 2. The molecule has 0 saturated heterocycles. The highest BCUT2D eigenvalue weighted by Crippen LogP contribution is 2.21. The molecule has 3 heteroatoms. The fourth-order valence-electron chi connectivity index (χ4n) is 2.06. The van der Waals surface area contributed by atoms with E-state index in [1.54, 1.807) is 0 Å². The molecule has 1 atom stereocenters. The van der Waals surface area contributed by atoms with E-state index < -0.39 is 0 Å². The van der Waals surface area contributed by atoms with Gasteiger partial charge in [0.2, 0.25) is 0 Å². The van der Waals surface area contributed by atoms with Crippen LogP contribution in [-0.4, -0.2) is 12.6 Å². The molecule has 0 aromatic heterocycles. The van der Waals surface area contributed by atoms with Gasteiger partial charge in [-0.15, -0.1) is 0 Å². The molecule has 0 heterocycles. The molecule has 2 nitrogen and oxygen atoms in total. The summed E-state index contributed by atoms with van der Waals surface area (Å²) in [5.41, 5.74) is 2.32. The Hall–Kier alpha value is -1.35. The summed E-state index contributed by atoms with van der Waals surface area (Å²) >= 11 is 5.96. The van der Waals surface area contributed by atoms with Crippen LogP contribution in [0, 0.1) is 0 Å². The molecule has 0 bridgehead atoms. The van der Waals surface area contributed by atoms with E-state index in [1.807, 2.05) is 42.5 Å². The second-order valence-corrected chi connectivity index (χ2v) is 5.84. The highest BCUT2D eigenvalue weighted by molar-refractivity contribution is 6.30. The summed E-state index contributed by atoms with van der Waals surface area (Å²) in [5.74, 6) is 0. The van der Waals surface area contributed by atoms with Gasteiger partial charge in [0, 0.05) is 17.6 Å². The van der Waals surface area contributed by atoms with E-state index in [-0.39, 0.29) is 6.10 Å². The van der Waals surface area contributed by atoms with E-state index in [4.69, 9.17) is 16.3 Å². The molecule has 2 rings (SSSR count). The van der Waals surface area contributed by atoms with Crippen LogP contribution >= 0.6 is 11.6 Å². The van der Waals surface area contributed by atoms with E-state index in [9.17, 15) is 0 Å². The topological polar surface area (TPSA) is 21.3 Å². The number of hydrogen-bond donors (Lipinski definition) is 1. The molecule has 0 aliphatic heterocycles. The van der Waals surface area contributed by atoms with Gasteiger partial charge in [-0.05, 0) is 23.3 Å². The lowest BCUT2D eigenvalue weighted by Gasteiger charge is -2.20. The van der Waals surface area contributed by atoms with Crippen molar-refractivity contribution in [3.63, 3.8) is 0 Å². The Morgan fingerprint density at radius 3 is 2.29 bits per heavy atom. The monoisotopic (exact) mass is 303 g/mol. The fraction of sp³-hybridized carbons (Fsp3) is 0.333. The highest BCUT2D eigenvalue weighted by atomic mass is 35.5. The first-order chi connectivity index (χ1) is 10.1. The predicted octanol–water partition coefficient (Wildman–Crippen LogP) is 4.60. The fourth-order valence-corrected chi connectivity index (χ4v) is 2.19. The first-order valence-electron chi connectivity index (χ1n) is 7.29. The van der Waals surface area contributed by atoms with Crippen molar-refractivity contribution < 1.29 is 4.74 Å². The quantitative estimate of drug-likeness (QED) is 0.807. The van der Waals surface area contributed by atoms with Crippen molar-refractivity contribution in [1.82, 2.24) is 5.32 Å². The summed E-state index contributed by atoms with van der Waals surface area (Å²) in [7, 11) is 0. The maximum absolute atomic E-state index is 6.10. The van der Waals surface area contributed by atoms with Gasteiger partial charge in [-0.2, -0.15) is 0 Å². The number of ether oxygens (including phenoxy) is 1. The highest BCUT2D eigenvalue weighted by Gasteiger charge is 2.12. The second kappa shape index (κ2) is 8.18. The van der Waals surface area contributed by atoms with Gasteiger partial charge in [-0.25, -0.2) is 0 Å². The van der Waals surface area contributed by atoms with Gasteiger partial charge in [-0.1, -0.05) is 67.9 Å². The van der Waals surface area contributed by atoms with Gasteiger partial charge in [0.15, 0.2) is 0 Å². The van der Waals surface area contributed by atoms with Crippen molar-refractivity contribution in [1.29, 1.82) is 0 Å². The third-order valence-electron chi connectivity index (χ3n) is 3.25. The van der Waals surface area contributed by atoms with Crippen LogP contribution in [0.1, 0.15) is 31.1 Å². The van der Waals surface area contributed by atoms with Crippen molar-refractivity contribution >= 4 is 11.6 Å². The molecule has 0 aliphatic rings. The van der Waals surface area contributed by atoms with E-state index in [2.05, 4.69) is 31.3 Å². The Balaban J connectivity index is 2.03. The Bertz CT molecular complexity index is 525. The molecule has 0 spiro atoms. The Morgan fingerprint density at radius 1 is 1.00 bits per heavy atom. The minimum atomic E-state index is 0.0184. The van der Waals surface area contributed by atoms with Crippen molar-refractivity contribution in [2.45, 2.75) is 32.6 Å². The van der Waals surface area contributed by atoms with Crippen molar-refractivity contribution in [2.24, 2.45) is 0 Å². The maximum atomic E-state index is 6.10. The normalized spacial score (nSPS) is 12.6. The number of nitrogens with one attached hydrogen (secondary N) is 1. The van der Waals surface area contributed by atoms with Crippen molar-refractivity contribution in [3.05, 3.63) is 70.7 Å². The molecule has 21 heavy (non-hydrogen) atoms. The molecule has 2 aromatic rings. The minimum absolute atomic E-state index is 0.0184. The van der Waals surface area contributed by atoms with Crippen LogP contribution in [0.2, 0.25) is 5.02 Å². The zero-order chi connectivity index (χ0) is 15.1. The molecule has 0 amide bonds. The van der Waals surface area contributed by atoms with Gasteiger partial charge < -0.3 is 10.1 Å².